The van der Waals surface area contributed by atoms with Crippen molar-refractivity contribution in [1.29, 1.82) is 0 Å². The van der Waals surface area contributed by atoms with Gasteiger partial charge in [-0.05, 0) is 58.2 Å². The van der Waals surface area contributed by atoms with Crippen LogP contribution in [0.4, 0.5) is 0 Å². The van der Waals surface area contributed by atoms with E-state index in [4.69, 9.17) is 4.42 Å². The van der Waals surface area contributed by atoms with Crippen molar-refractivity contribution in [2.75, 3.05) is 13.6 Å². The molecule has 0 saturated heterocycles. The van der Waals surface area contributed by atoms with Crippen molar-refractivity contribution in [1.82, 2.24) is 10.2 Å². The second-order valence-electron chi connectivity index (χ2n) is 6.00. The molecule has 0 radical (unpaired) electrons. The van der Waals surface area contributed by atoms with Crippen molar-refractivity contribution in [3.8, 4) is 0 Å². The molecule has 0 amide bonds. The summed E-state index contributed by atoms with van der Waals surface area (Å²) in [5.41, 5.74) is 1.33. The van der Waals surface area contributed by atoms with Crippen LogP contribution in [-0.4, -0.2) is 30.6 Å². The van der Waals surface area contributed by atoms with Crippen molar-refractivity contribution < 1.29 is 4.42 Å². The maximum Gasteiger partial charge on any atom is 0.105 e. The lowest BCUT2D eigenvalue weighted by atomic mass is 9.78. The highest BCUT2D eigenvalue weighted by Gasteiger charge is 2.35. The first-order valence-electron chi connectivity index (χ1n) is 7.20. The Hall–Kier alpha value is -0.800. The van der Waals surface area contributed by atoms with Crippen LogP contribution < -0.4 is 5.32 Å². The Bertz CT molecular complexity index is 397. The maximum atomic E-state index is 5.37. The van der Waals surface area contributed by atoms with Crippen LogP contribution in [-0.2, 0) is 6.54 Å². The third-order valence-electron chi connectivity index (χ3n) is 4.58. The highest BCUT2D eigenvalue weighted by Crippen LogP contribution is 2.33. The quantitative estimate of drug-likeness (QED) is 0.838. The van der Waals surface area contributed by atoms with E-state index in [1.807, 2.05) is 0 Å². The fraction of sp³-hybridized carbons (Fsp3) is 0.733. The van der Waals surface area contributed by atoms with Crippen LogP contribution in [0.2, 0.25) is 0 Å². The number of aryl methyl sites for hydroxylation is 1. The molecule has 2 aliphatic carbocycles. The van der Waals surface area contributed by atoms with E-state index in [1.54, 1.807) is 6.26 Å². The second kappa shape index (κ2) is 5.06. The van der Waals surface area contributed by atoms with Crippen molar-refractivity contribution in [2.24, 2.45) is 5.92 Å². The number of rotatable bonds is 6. The van der Waals surface area contributed by atoms with Crippen LogP contribution in [0.5, 0.6) is 0 Å². The van der Waals surface area contributed by atoms with E-state index in [-0.39, 0.29) is 0 Å². The van der Waals surface area contributed by atoms with E-state index in [9.17, 15) is 0 Å². The van der Waals surface area contributed by atoms with Crippen LogP contribution in [0.1, 0.15) is 37.0 Å². The van der Waals surface area contributed by atoms with Crippen molar-refractivity contribution in [3.05, 3.63) is 23.7 Å². The van der Waals surface area contributed by atoms with Gasteiger partial charge in [0.15, 0.2) is 0 Å². The van der Waals surface area contributed by atoms with Crippen LogP contribution in [0, 0.1) is 12.8 Å². The molecule has 100 valence electrons. The van der Waals surface area contributed by atoms with E-state index in [1.165, 1.54) is 37.8 Å². The molecule has 1 N–H and O–H groups in total. The van der Waals surface area contributed by atoms with Gasteiger partial charge in [0.05, 0.1) is 6.26 Å². The van der Waals surface area contributed by atoms with Crippen LogP contribution in [0.15, 0.2) is 16.7 Å². The zero-order chi connectivity index (χ0) is 12.5. The SMILES string of the molecule is Cc1occc1CN(C)C1CCC1CNC1CC1. The Morgan fingerprint density at radius 1 is 1.33 bits per heavy atom. The fourth-order valence-electron chi connectivity index (χ4n) is 2.94. The number of nitrogens with one attached hydrogen (secondary N) is 1. The Morgan fingerprint density at radius 3 is 2.72 bits per heavy atom. The third-order valence-corrected chi connectivity index (χ3v) is 4.58. The van der Waals surface area contributed by atoms with Gasteiger partial charge in [-0.2, -0.15) is 0 Å². The van der Waals surface area contributed by atoms with Gasteiger partial charge in [-0.15, -0.1) is 0 Å². The summed E-state index contributed by atoms with van der Waals surface area (Å²) in [5.74, 6) is 1.91. The number of hydrogen-bond acceptors (Lipinski definition) is 3. The van der Waals surface area contributed by atoms with E-state index in [2.05, 4.69) is 30.3 Å². The van der Waals surface area contributed by atoms with Gasteiger partial charge in [0.1, 0.15) is 5.76 Å². The van der Waals surface area contributed by atoms with Gasteiger partial charge in [-0.25, -0.2) is 0 Å². The number of hydrogen-bond donors (Lipinski definition) is 1. The Labute approximate surface area is 110 Å². The largest absolute Gasteiger partial charge is 0.469 e. The van der Waals surface area contributed by atoms with E-state index < -0.39 is 0 Å². The van der Waals surface area contributed by atoms with E-state index >= 15 is 0 Å². The molecule has 0 aliphatic heterocycles. The van der Waals surface area contributed by atoms with Gasteiger partial charge in [0, 0.05) is 24.2 Å². The van der Waals surface area contributed by atoms with Crippen molar-refractivity contribution in [3.63, 3.8) is 0 Å². The van der Waals surface area contributed by atoms with Gasteiger partial charge < -0.3 is 9.73 Å². The summed E-state index contributed by atoms with van der Waals surface area (Å²) in [6.07, 6.45) is 7.32. The molecule has 1 heterocycles. The van der Waals surface area contributed by atoms with E-state index in [0.717, 1.165) is 30.3 Å². The fourth-order valence-corrected chi connectivity index (χ4v) is 2.94. The molecule has 0 bridgehead atoms. The Balaban J connectivity index is 1.49. The summed E-state index contributed by atoms with van der Waals surface area (Å²) < 4.78 is 5.37. The minimum atomic E-state index is 0.755. The summed E-state index contributed by atoms with van der Waals surface area (Å²) >= 11 is 0. The predicted octanol–water partition coefficient (Wildman–Crippen LogP) is 2.55. The van der Waals surface area contributed by atoms with Crippen molar-refractivity contribution >= 4 is 0 Å². The predicted molar refractivity (Wildman–Crippen MR) is 72.4 cm³/mol. The maximum absolute atomic E-state index is 5.37. The van der Waals surface area contributed by atoms with Crippen LogP contribution in [0.3, 0.4) is 0 Å². The van der Waals surface area contributed by atoms with E-state index in [0.29, 0.717) is 0 Å². The van der Waals surface area contributed by atoms with Crippen LogP contribution >= 0.6 is 0 Å². The molecule has 1 aromatic rings. The molecule has 2 fully saturated rings. The monoisotopic (exact) mass is 248 g/mol. The first-order chi connectivity index (χ1) is 8.74. The van der Waals surface area contributed by atoms with Gasteiger partial charge in [-0.1, -0.05) is 0 Å². The molecule has 1 aromatic heterocycles. The standard InChI is InChI=1S/C15H24N2O/c1-11-13(7-8-18-11)10-17(2)15-6-3-12(15)9-16-14-4-5-14/h7-8,12,14-16H,3-6,9-10H2,1-2H3. The summed E-state index contributed by atoms with van der Waals surface area (Å²) in [5, 5.41) is 3.67. The minimum absolute atomic E-state index is 0.755. The van der Waals surface area contributed by atoms with Gasteiger partial charge in [0.2, 0.25) is 0 Å². The molecule has 0 spiro atoms. The Morgan fingerprint density at radius 2 is 2.17 bits per heavy atom. The minimum Gasteiger partial charge on any atom is -0.469 e. The number of furan rings is 1. The third kappa shape index (κ3) is 2.62. The summed E-state index contributed by atoms with van der Waals surface area (Å²) in [6.45, 7) is 4.28. The molecule has 3 rings (SSSR count). The highest BCUT2D eigenvalue weighted by atomic mass is 16.3. The average Bonchev–Trinajstić information content (AvgIpc) is 3.03. The molecular formula is C15H24N2O. The molecule has 3 heteroatoms. The van der Waals surface area contributed by atoms with Gasteiger partial charge >= 0.3 is 0 Å². The zero-order valence-corrected chi connectivity index (χ0v) is 11.5. The summed E-state index contributed by atoms with van der Waals surface area (Å²) in [4.78, 5) is 2.50. The lowest BCUT2D eigenvalue weighted by molar-refractivity contribution is 0.0775. The molecular weight excluding hydrogens is 224 g/mol. The lowest BCUT2D eigenvalue weighted by Crippen LogP contribution is -2.48. The highest BCUT2D eigenvalue weighted by molar-refractivity contribution is 5.15. The molecule has 2 aliphatic rings. The first kappa shape index (κ1) is 12.2. The lowest BCUT2D eigenvalue weighted by Gasteiger charge is -2.43. The molecule has 2 saturated carbocycles. The summed E-state index contributed by atoms with van der Waals surface area (Å²) in [6, 6.07) is 3.69. The second-order valence-corrected chi connectivity index (χ2v) is 6.00. The molecule has 2 unspecified atom stereocenters. The topological polar surface area (TPSA) is 28.4 Å². The van der Waals surface area contributed by atoms with Gasteiger partial charge in [-0.3, -0.25) is 4.90 Å². The average molecular weight is 248 g/mol. The Kier molecular flexibility index (Phi) is 3.44. The van der Waals surface area contributed by atoms with Crippen LogP contribution in [0.25, 0.3) is 0 Å². The normalized spacial score (nSPS) is 27.5. The molecule has 18 heavy (non-hydrogen) atoms. The smallest absolute Gasteiger partial charge is 0.105 e. The molecule has 3 nitrogen and oxygen atoms in total. The molecule has 0 aromatic carbocycles. The summed E-state index contributed by atoms with van der Waals surface area (Å²) in [7, 11) is 2.25. The van der Waals surface area contributed by atoms with Gasteiger partial charge in [0.25, 0.3) is 0 Å². The number of nitrogens with zero attached hydrogens (tertiary/aromatic N) is 1. The zero-order valence-electron chi connectivity index (χ0n) is 11.5. The first-order valence-corrected chi connectivity index (χ1v) is 7.20. The van der Waals surface area contributed by atoms with Crippen molar-refractivity contribution in [2.45, 2.75) is 51.2 Å². The molecule has 2 atom stereocenters.